The molecule has 0 fully saturated rings. The quantitative estimate of drug-likeness (QED) is 0.376. The largest absolute Gasteiger partial charge is 0.325 e. The number of nitrogens with zero attached hydrogens (tertiary/aromatic N) is 1. The van der Waals surface area contributed by atoms with E-state index in [9.17, 15) is 14.9 Å². The molecule has 0 saturated heterocycles. The van der Waals surface area contributed by atoms with E-state index in [1.807, 2.05) is 24.3 Å². The maximum atomic E-state index is 11.0. The fraction of sp³-hybridized carbons (Fsp3) is 0.133. The maximum absolute atomic E-state index is 11.0. The van der Waals surface area contributed by atoms with Crippen molar-refractivity contribution in [1.82, 2.24) is 0 Å². The van der Waals surface area contributed by atoms with Crippen LogP contribution in [-0.2, 0) is 6.42 Å². The number of nitro benzene ring substituents is 1. The number of hydrogen-bond acceptors (Lipinski definition) is 5. The van der Waals surface area contributed by atoms with Crippen LogP contribution in [0.3, 0.4) is 0 Å². The number of aryl methyl sites for hydroxylation is 1. The van der Waals surface area contributed by atoms with Crippen LogP contribution in [0, 0.1) is 10.1 Å². The highest BCUT2D eigenvalue weighted by Gasteiger charge is 2.15. The molecule has 0 radical (unpaired) electrons. The van der Waals surface area contributed by atoms with Gasteiger partial charge >= 0.3 is 0 Å². The zero-order valence-corrected chi connectivity index (χ0v) is 12.2. The zero-order valence-electron chi connectivity index (χ0n) is 11.4. The van der Waals surface area contributed by atoms with Crippen LogP contribution in [-0.4, -0.2) is 11.2 Å². The first-order valence-corrected chi connectivity index (χ1v) is 7.21. The lowest BCUT2D eigenvalue weighted by atomic mass is 10.2. The van der Waals surface area contributed by atoms with Crippen LogP contribution in [0.4, 0.5) is 11.4 Å². The lowest BCUT2D eigenvalue weighted by molar-refractivity contribution is -0.387. The van der Waals surface area contributed by atoms with Gasteiger partial charge in [0.05, 0.1) is 4.92 Å². The summed E-state index contributed by atoms with van der Waals surface area (Å²) in [6, 6.07) is 12.3. The molecule has 5 nitrogen and oxygen atoms in total. The molecule has 6 heteroatoms. The van der Waals surface area contributed by atoms with Gasteiger partial charge in [0.15, 0.2) is 0 Å². The van der Waals surface area contributed by atoms with Crippen molar-refractivity contribution < 1.29 is 9.72 Å². The Kier molecular flexibility index (Phi) is 4.94. The van der Waals surface area contributed by atoms with Crippen molar-refractivity contribution in [2.75, 3.05) is 4.72 Å². The van der Waals surface area contributed by atoms with Gasteiger partial charge in [0, 0.05) is 17.3 Å². The van der Waals surface area contributed by atoms with Gasteiger partial charge in [0.25, 0.3) is 5.69 Å². The highest BCUT2D eigenvalue weighted by molar-refractivity contribution is 8.00. The highest BCUT2D eigenvalue weighted by atomic mass is 32.2. The second-order valence-electron chi connectivity index (χ2n) is 4.36. The molecular weight excluding hydrogens is 288 g/mol. The Morgan fingerprint density at radius 1 is 1.24 bits per heavy atom. The lowest BCUT2D eigenvalue weighted by Gasteiger charge is -2.07. The molecule has 21 heavy (non-hydrogen) atoms. The summed E-state index contributed by atoms with van der Waals surface area (Å²) >= 11 is 1.15. The molecule has 0 heterocycles. The van der Waals surface area contributed by atoms with Gasteiger partial charge in [-0.3, -0.25) is 14.9 Å². The Bertz CT molecular complexity index is 656. The fourth-order valence-electron chi connectivity index (χ4n) is 1.76. The van der Waals surface area contributed by atoms with Crippen molar-refractivity contribution in [3.05, 3.63) is 63.7 Å². The topological polar surface area (TPSA) is 72.2 Å². The standard InChI is InChI=1S/C15H14N2O3S/c1-2-11-3-6-13(7-4-11)16-21-15-8-5-12(10-18)9-14(15)17(19)20/h3-10,16H,2H2,1H3. The monoisotopic (exact) mass is 302 g/mol. The minimum Gasteiger partial charge on any atom is -0.325 e. The average Bonchev–Trinajstić information content (AvgIpc) is 2.53. The molecule has 108 valence electrons. The smallest absolute Gasteiger partial charge is 0.285 e. The molecule has 0 unspecified atom stereocenters. The van der Waals surface area contributed by atoms with E-state index >= 15 is 0 Å². The summed E-state index contributed by atoms with van der Waals surface area (Å²) < 4.78 is 3.07. The van der Waals surface area contributed by atoms with Crippen molar-refractivity contribution in [2.45, 2.75) is 18.2 Å². The molecular formula is C15H14N2O3S. The first-order valence-electron chi connectivity index (χ1n) is 6.39. The highest BCUT2D eigenvalue weighted by Crippen LogP contribution is 2.30. The molecule has 0 bridgehead atoms. The van der Waals surface area contributed by atoms with Gasteiger partial charge < -0.3 is 4.72 Å². The van der Waals surface area contributed by atoms with Gasteiger partial charge in [-0.15, -0.1) is 0 Å². The third-order valence-electron chi connectivity index (χ3n) is 2.96. The molecule has 2 aromatic rings. The van der Waals surface area contributed by atoms with Crippen LogP contribution in [0.15, 0.2) is 47.4 Å². The van der Waals surface area contributed by atoms with E-state index < -0.39 is 4.92 Å². The second-order valence-corrected chi connectivity index (χ2v) is 5.20. The van der Waals surface area contributed by atoms with Crippen LogP contribution >= 0.6 is 11.9 Å². The second kappa shape index (κ2) is 6.90. The van der Waals surface area contributed by atoms with Gasteiger partial charge in [-0.25, -0.2) is 0 Å². The van der Waals surface area contributed by atoms with Crippen molar-refractivity contribution in [2.24, 2.45) is 0 Å². The first-order chi connectivity index (χ1) is 10.1. The van der Waals surface area contributed by atoms with E-state index in [0.29, 0.717) is 16.7 Å². The number of aldehydes is 1. The van der Waals surface area contributed by atoms with E-state index in [0.717, 1.165) is 24.1 Å². The minimum absolute atomic E-state index is 0.0812. The predicted molar refractivity (Wildman–Crippen MR) is 83.8 cm³/mol. The molecule has 0 atom stereocenters. The number of carbonyl (C=O) groups excluding carboxylic acids is 1. The third kappa shape index (κ3) is 3.82. The number of nitro groups is 1. The van der Waals surface area contributed by atoms with Crippen molar-refractivity contribution in [1.29, 1.82) is 0 Å². The molecule has 0 saturated carbocycles. The summed E-state index contributed by atoms with van der Waals surface area (Å²) in [6.07, 6.45) is 1.56. The number of rotatable bonds is 6. The Morgan fingerprint density at radius 2 is 1.95 bits per heavy atom. The Labute approximate surface area is 126 Å². The van der Waals surface area contributed by atoms with Gasteiger partial charge in [-0.2, -0.15) is 0 Å². The van der Waals surface area contributed by atoms with Crippen molar-refractivity contribution in [3.8, 4) is 0 Å². The van der Waals surface area contributed by atoms with E-state index in [1.165, 1.54) is 11.6 Å². The van der Waals surface area contributed by atoms with Crippen LogP contribution in [0.5, 0.6) is 0 Å². The summed E-state index contributed by atoms with van der Waals surface area (Å²) in [5, 5.41) is 11.0. The normalized spacial score (nSPS) is 10.1. The number of anilines is 1. The first kappa shape index (κ1) is 15.1. The molecule has 0 aromatic heterocycles. The minimum atomic E-state index is -0.489. The third-order valence-corrected chi connectivity index (χ3v) is 3.86. The average molecular weight is 302 g/mol. The molecule has 0 spiro atoms. The van der Waals surface area contributed by atoms with E-state index in [-0.39, 0.29) is 5.69 Å². The molecule has 0 aliphatic rings. The molecule has 0 amide bonds. The zero-order chi connectivity index (χ0) is 15.2. The van der Waals surface area contributed by atoms with Gasteiger partial charge in [-0.1, -0.05) is 25.1 Å². The van der Waals surface area contributed by atoms with Crippen LogP contribution in [0.2, 0.25) is 0 Å². The number of hydrogen-bond donors (Lipinski definition) is 1. The van der Waals surface area contributed by atoms with Gasteiger partial charge in [0.2, 0.25) is 0 Å². The lowest BCUT2D eigenvalue weighted by Crippen LogP contribution is -1.95. The summed E-state index contributed by atoms with van der Waals surface area (Å²) in [7, 11) is 0. The maximum Gasteiger partial charge on any atom is 0.285 e. The number of carbonyl (C=O) groups is 1. The Hall–Kier alpha value is -2.34. The summed E-state index contributed by atoms with van der Waals surface area (Å²) in [4.78, 5) is 21.7. The predicted octanol–water partition coefficient (Wildman–Crippen LogP) is 4.09. The fourth-order valence-corrected chi connectivity index (χ4v) is 2.50. The van der Waals surface area contributed by atoms with E-state index in [1.54, 1.807) is 12.1 Å². The molecule has 2 aromatic carbocycles. The van der Waals surface area contributed by atoms with E-state index in [2.05, 4.69) is 11.6 Å². The number of benzene rings is 2. The Balaban J connectivity index is 2.15. The SMILES string of the molecule is CCc1ccc(NSc2ccc(C=O)cc2[N+](=O)[O-])cc1. The number of nitrogens with one attached hydrogen (secondary N) is 1. The van der Waals surface area contributed by atoms with Gasteiger partial charge in [0.1, 0.15) is 11.2 Å². The van der Waals surface area contributed by atoms with Crippen LogP contribution in [0.25, 0.3) is 0 Å². The summed E-state index contributed by atoms with van der Waals surface area (Å²) in [5.74, 6) is 0. The summed E-state index contributed by atoms with van der Waals surface area (Å²) in [6.45, 7) is 2.08. The molecule has 0 aliphatic carbocycles. The van der Waals surface area contributed by atoms with Crippen LogP contribution < -0.4 is 4.72 Å². The molecule has 1 N–H and O–H groups in total. The Morgan fingerprint density at radius 3 is 2.52 bits per heavy atom. The van der Waals surface area contributed by atoms with Crippen LogP contribution in [0.1, 0.15) is 22.8 Å². The van der Waals surface area contributed by atoms with E-state index in [4.69, 9.17) is 0 Å². The van der Waals surface area contributed by atoms with Gasteiger partial charge in [-0.05, 0) is 42.1 Å². The van der Waals surface area contributed by atoms with Crippen molar-refractivity contribution >= 4 is 29.6 Å². The molecule has 0 aliphatic heterocycles. The van der Waals surface area contributed by atoms with Crippen molar-refractivity contribution in [3.63, 3.8) is 0 Å². The molecule has 2 rings (SSSR count). The summed E-state index contributed by atoms with van der Waals surface area (Å²) in [5.41, 5.74) is 2.30.